The van der Waals surface area contributed by atoms with E-state index in [9.17, 15) is 4.79 Å². The van der Waals surface area contributed by atoms with Gasteiger partial charge in [0.25, 0.3) is 0 Å². The number of cyclic esters (lactones) is 1. The Morgan fingerprint density at radius 2 is 1.67 bits per heavy atom. The molecule has 1 aromatic heterocycles. The van der Waals surface area contributed by atoms with Crippen LogP contribution in [0.5, 0.6) is 0 Å². The lowest BCUT2D eigenvalue weighted by Crippen LogP contribution is -2.21. The van der Waals surface area contributed by atoms with Gasteiger partial charge in [-0.25, -0.2) is 4.98 Å². The van der Waals surface area contributed by atoms with Crippen molar-refractivity contribution in [1.82, 2.24) is 4.98 Å². The van der Waals surface area contributed by atoms with E-state index in [-0.39, 0.29) is 17.5 Å². The number of fused-ring (bicyclic) bond motifs is 1. The van der Waals surface area contributed by atoms with E-state index in [4.69, 9.17) is 4.74 Å². The molecule has 6 rings (SSSR count). The first kappa shape index (κ1) is 20.4. The maximum Gasteiger partial charge on any atom is 0.312 e. The van der Waals surface area contributed by atoms with Gasteiger partial charge in [-0.05, 0) is 66.3 Å². The lowest BCUT2D eigenvalue weighted by atomic mass is 9.82. The maximum atomic E-state index is 12.5. The van der Waals surface area contributed by atoms with Crippen LogP contribution in [0, 0.1) is 12.3 Å². The molecule has 1 saturated heterocycles. The Morgan fingerprint density at radius 1 is 0.970 bits per heavy atom. The van der Waals surface area contributed by atoms with E-state index in [1.165, 1.54) is 10.3 Å². The van der Waals surface area contributed by atoms with Crippen LogP contribution in [0.3, 0.4) is 0 Å². The second kappa shape index (κ2) is 7.99. The zero-order valence-corrected chi connectivity index (χ0v) is 19.5. The normalized spacial score (nSPS) is 19.3. The zero-order valence-electron chi connectivity index (χ0n) is 18.6. The molecule has 1 spiro atoms. The minimum atomic E-state index is -0.214. The van der Waals surface area contributed by atoms with Gasteiger partial charge in [-0.15, -0.1) is 0 Å². The minimum absolute atomic E-state index is 0.0143. The van der Waals surface area contributed by atoms with Crippen molar-refractivity contribution in [2.75, 3.05) is 5.32 Å². The number of nitrogens with one attached hydrogen (secondary N) is 1. The predicted octanol–water partition coefficient (Wildman–Crippen LogP) is 7.56. The number of carbonyl (C=O) groups excluding carboxylic acids is 1. The molecule has 0 amide bonds. The molecule has 4 aromatic rings. The average Bonchev–Trinajstić information content (AvgIpc) is 3.54. The fourth-order valence-corrected chi connectivity index (χ4v) is 6.21. The molecular weight excluding hydrogens is 428 g/mol. The number of esters is 1. The number of hydrogen-bond donors (Lipinski definition) is 1. The van der Waals surface area contributed by atoms with E-state index in [0.29, 0.717) is 0 Å². The number of ether oxygens (including phenoxy) is 1. The van der Waals surface area contributed by atoms with Gasteiger partial charge in [0.1, 0.15) is 6.10 Å². The van der Waals surface area contributed by atoms with Crippen LogP contribution < -0.4 is 5.32 Å². The number of hydrogen-bond acceptors (Lipinski definition) is 5. The van der Waals surface area contributed by atoms with E-state index < -0.39 is 0 Å². The molecule has 1 saturated carbocycles. The van der Waals surface area contributed by atoms with Crippen LogP contribution in [0.25, 0.3) is 21.3 Å². The number of rotatable bonds is 4. The monoisotopic (exact) mass is 454 g/mol. The van der Waals surface area contributed by atoms with Crippen LogP contribution in [-0.4, -0.2) is 11.0 Å². The molecule has 4 nitrogen and oxygen atoms in total. The number of nitrogens with zero attached hydrogens (tertiary/aromatic N) is 1. The van der Waals surface area contributed by atoms with Gasteiger partial charge < -0.3 is 10.1 Å². The van der Waals surface area contributed by atoms with Gasteiger partial charge in [-0.2, -0.15) is 0 Å². The third-order valence-electron chi connectivity index (χ3n) is 7.12. The fraction of sp³-hybridized carbons (Fsp3) is 0.286. The van der Waals surface area contributed by atoms with Gasteiger partial charge in [0, 0.05) is 12.1 Å². The summed E-state index contributed by atoms with van der Waals surface area (Å²) >= 11 is 1.67. The van der Waals surface area contributed by atoms with Crippen molar-refractivity contribution in [3.63, 3.8) is 0 Å². The molecule has 3 aromatic carbocycles. The molecule has 5 heteroatoms. The van der Waals surface area contributed by atoms with E-state index in [0.717, 1.165) is 65.1 Å². The van der Waals surface area contributed by atoms with Gasteiger partial charge in [0.05, 0.1) is 15.6 Å². The third kappa shape index (κ3) is 3.80. The quantitative estimate of drug-likeness (QED) is 0.323. The Kier molecular flexibility index (Phi) is 4.95. The summed E-state index contributed by atoms with van der Waals surface area (Å²) in [4.78, 5) is 17.1. The van der Waals surface area contributed by atoms with Crippen LogP contribution in [-0.2, 0) is 9.53 Å². The second-order valence-electron chi connectivity index (χ2n) is 9.40. The summed E-state index contributed by atoms with van der Waals surface area (Å²) in [7, 11) is 0. The molecular formula is C28H26N2O2S. The molecule has 1 aliphatic heterocycles. The molecule has 2 heterocycles. The first-order valence-corrected chi connectivity index (χ1v) is 12.5. The Morgan fingerprint density at radius 3 is 2.39 bits per heavy atom. The maximum absolute atomic E-state index is 12.5. The Bertz CT molecular complexity index is 1320. The third-order valence-corrected chi connectivity index (χ3v) is 8.05. The molecule has 0 bridgehead atoms. The van der Waals surface area contributed by atoms with Crippen LogP contribution in [0.2, 0.25) is 0 Å². The average molecular weight is 455 g/mol. The standard InChI is InChI=1S/C28H26N2O2S/c1-18-4-13-23-25(16-18)33-27(30-23)29-22-11-9-20(10-12-22)19-5-7-21(8-6-19)24-17-28(26(31)32-24)14-2-3-15-28/h4-13,16,24H,2-3,14-15,17H2,1H3,(H,29,30). The summed E-state index contributed by atoms with van der Waals surface area (Å²) in [5, 5.41) is 4.33. The van der Waals surface area contributed by atoms with E-state index in [1.807, 2.05) is 0 Å². The molecule has 1 atom stereocenters. The Hall–Kier alpha value is -3.18. The van der Waals surface area contributed by atoms with Crippen molar-refractivity contribution in [1.29, 1.82) is 0 Å². The molecule has 1 unspecified atom stereocenters. The summed E-state index contributed by atoms with van der Waals surface area (Å²) in [5.74, 6) is 0.0143. The summed E-state index contributed by atoms with van der Waals surface area (Å²) in [6.07, 6.45) is 4.98. The van der Waals surface area contributed by atoms with Crippen LogP contribution in [0.15, 0.2) is 66.7 Å². The number of aromatic nitrogens is 1. The van der Waals surface area contributed by atoms with Crippen LogP contribution >= 0.6 is 11.3 Å². The zero-order chi connectivity index (χ0) is 22.4. The number of aryl methyl sites for hydroxylation is 1. The van der Waals surface area contributed by atoms with Crippen molar-refractivity contribution >= 4 is 38.3 Å². The van der Waals surface area contributed by atoms with Crippen molar-refractivity contribution in [3.05, 3.63) is 77.9 Å². The molecule has 2 fully saturated rings. The summed E-state index contributed by atoms with van der Waals surface area (Å²) < 4.78 is 6.97. The van der Waals surface area contributed by atoms with Crippen LogP contribution in [0.4, 0.5) is 10.8 Å². The van der Waals surface area contributed by atoms with E-state index in [2.05, 4.69) is 84.0 Å². The van der Waals surface area contributed by atoms with Gasteiger partial charge in [0.15, 0.2) is 5.13 Å². The first-order chi connectivity index (χ1) is 16.1. The summed E-state index contributed by atoms with van der Waals surface area (Å²) in [6, 6.07) is 23.2. The second-order valence-corrected chi connectivity index (χ2v) is 10.4. The Labute approximate surface area is 197 Å². The highest BCUT2D eigenvalue weighted by Crippen LogP contribution is 2.51. The van der Waals surface area contributed by atoms with E-state index in [1.54, 1.807) is 11.3 Å². The number of carbonyl (C=O) groups is 1. The molecule has 1 N–H and O–H groups in total. The van der Waals surface area contributed by atoms with E-state index >= 15 is 0 Å². The number of anilines is 2. The lowest BCUT2D eigenvalue weighted by Gasteiger charge is -2.16. The SMILES string of the molecule is Cc1ccc2nc(Nc3ccc(-c4ccc(C5CC6(CCCC6)C(=O)O5)cc4)cc3)sc2c1. The van der Waals surface area contributed by atoms with Gasteiger partial charge >= 0.3 is 5.97 Å². The number of thiazole rings is 1. The summed E-state index contributed by atoms with van der Waals surface area (Å²) in [6.45, 7) is 2.10. The molecule has 166 valence electrons. The largest absolute Gasteiger partial charge is 0.457 e. The topological polar surface area (TPSA) is 51.2 Å². The molecule has 0 radical (unpaired) electrons. The highest BCUT2D eigenvalue weighted by Gasteiger charge is 2.50. The first-order valence-electron chi connectivity index (χ1n) is 11.6. The Balaban J connectivity index is 1.15. The van der Waals surface area contributed by atoms with Crippen molar-refractivity contribution < 1.29 is 9.53 Å². The molecule has 33 heavy (non-hydrogen) atoms. The lowest BCUT2D eigenvalue weighted by molar-refractivity contribution is -0.148. The minimum Gasteiger partial charge on any atom is -0.457 e. The van der Waals surface area contributed by atoms with Crippen LogP contribution in [0.1, 0.15) is 49.3 Å². The van der Waals surface area contributed by atoms with Gasteiger partial charge in [-0.1, -0.05) is 66.6 Å². The highest BCUT2D eigenvalue weighted by atomic mass is 32.1. The highest BCUT2D eigenvalue weighted by molar-refractivity contribution is 7.22. The van der Waals surface area contributed by atoms with Gasteiger partial charge in [0.2, 0.25) is 0 Å². The molecule has 2 aliphatic rings. The van der Waals surface area contributed by atoms with Crippen molar-refractivity contribution in [3.8, 4) is 11.1 Å². The smallest absolute Gasteiger partial charge is 0.312 e. The molecule has 1 aliphatic carbocycles. The van der Waals surface area contributed by atoms with Crippen molar-refractivity contribution in [2.45, 2.75) is 45.1 Å². The van der Waals surface area contributed by atoms with Crippen molar-refractivity contribution in [2.24, 2.45) is 5.41 Å². The fourth-order valence-electron chi connectivity index (χ4n) is 5.23. The van der Waals surface area contributed by atoms with Gasteiger partial charge in [-0.3, -0.25) is 4.79 Å². The predicted molar refractivity (Wildman–Crippen MR) is 134 cm³/mol. The summed E-state index contributed by atoms with van der Waals surface area (Å²) in [5.41, 5.74) is 6.48. The number of benzene rings is 3.